The topological polar surface area (TPSA) is 68.0 Å². The van der Waals surface area contributed by atoms with Gasteiger partial charge in [0.15, 0.2) is 11.0 Å². The van der Waals surface area contributed by atoms with E-state index in [1.807, 2.05) is 18.4 Å². The van der Waals surface area contributed by atoms with Gasteiger partial charge in [-0.25, -0.2) is 0 Å². The average molecular weight is 339 g/mol. The van der Waals surface area contributed by atoms with Crippen LogP contribution < -0.4 is 0 Å². The van der Waals surface area contributed by atoms with Gasteiger partial charge in [-0.1, -0.05) is 11.8 Å². The van der Waals surface area contributed by atoms with Gasteiger partial charge in [-0.05, 0) is 31.4 Å². The summed E-state index contributed by atoms with van der Waals surface area (Å²) in [5.41, 5.74) is 0. The molecule has 0 aliphatic heterocycles. The van der Waals surface area contributed by atoms with Crippen LogP contribution in [0, 0.1) is 0 Å². The summed E-state index contributed by atoms with van der Waals surface area (Å²) in [5, 5.41) is 20.0. The number of aromatic nitrogens is 3. The minimum Gasteiger partial charge on any atom is -0.481 e. The molecule has 110 valence electrons. The molecule has 0 aliphatic rings. The minimum atomic E-state index is -0.850. The third-order valence-electron chi connectivity index (χ3n) is 2.87. The lowest BCUT2D eigenvalue weighted by atomic mass is 10.3. The number of carbonyl (C=O) groups is 1. The number of carboxylic acids is 1. The van der Waals surface area contributed by atoms with Crippen LogP contribution in [-0.2, 0) is 4.79 Å². The zero-order valence-corrected chi connectivity index (χ0v) is 13.9. The molecule has 5 nitrogen and oxygen atoms in total. The quantitative estimate of drug-likeness (QED) is 0.712. The van der Waals surface area contributed by atoms with Crippen LogP contribution in [0.1, 0.15) is 19.9 Å². The van der Waals surface area contributed by atoms with Gasteiger partial charge in [0, 0.05) is 15.4 Å². The number of hydrogen-bond acceptors (Lipinski definition) is 6. The fourth-order valence-corrected chi connectivity index (χ4v) is 4.89. The van der Waals surface area contributed by atoms with Gasteiger partial charge in [-0.2, -0.15) is 0 Å². The lowest BCUT2D eigenvalue weighted by molar-refractivity contribution is -0.133. The van der Waals surface area contributed by atoms with Crippen LogP contribution in [0.3, 0.4) is 0 Å². The summed E-state index contributed by atoms with van der Waals surface area (Å²) in [6, 6.07) is 4.40. The van der Waals surface area contributed by atoms with Crippen LogP contribution in [0.2, 0.25) is 0 Å². The molecule has 1 N–H and O–H groups in total. The van der Waals surface area contributed by atoms with Crippen molar-refractivity contribution in [3.8, 4) is 10.7 Å². The molecule has 0 aliphatic carbocycles. The SMILES string of the molecule is CC(C)n1c(SCC(=O)O)nnc1-c1cc2sccc2s1. The van der Waals surface area contributed by atoms with Crippen LogP contribution in [0.25, 0.3) is 20.1 Å². The largest absolute Gasteiger partial charge is 0.481 e. The maximum atomic E-state index is 10.7. The number of fused-ring (bicyclic) bond motifs is 1. The lowest BCUT2D eigenvalue weighted by Crippen LogP contribution is -2.06. The van der Waals surface area contributed by atoms with E-state index in [9.17, 15) is 4.79 Å². The number of aliphatic carboxylic acids is 1. The molecule has 3 rings (SSSR count). The Balaban J connectivity index is 2.01. The summed E-state index contributed by atoms with van der Waals surface area (Å²) in [7, 11) is 0. The van der Waals surface area contributed by atoms with Gasteiger partial charge in [0.25, 0.3) is 0 Å². The van der Waals surface area contributed by atoms with Crippen molar-refractivity contribution in [1.82, 2.24) is 14.8 Å². The van der Waals surface area contributed by atoms with Gasteiger partial charge >= 0.3 is 5.97 Å². The molecule has 0 amide bonds. The second-order valence-electron chi connectivity index (χ2n) is 4.71. The summed E-state index contributed by atoms with van der Waals surface area (Å²) in [4.78, 5) is 11.8. The van der Waals surface area contributed by atoms with Crippen LogP contribution >= 0.6 is 34.4 Å². The zero-order valence-electron chi connectivity index (χ0n) is 11.4. The first-order valence-electron chi connectivity index (χ1n) is 6.33. The van der Waals surface area contributed by atoms with E-state index in [1.165, 1.54) is 21.2 Å². The highest BCUT2D eigenvalue weighted by atomic mass is 32.2. The zero-order chi connectivity index (χ0) is 15.0. The first kappa shape index (κ1) is 14.6. The van der Waals surface area contributed by atoms with Gasteiger partial charge in [0.05, 0.1) is 10.6 Å². The Morgan fingerprint density at radius 2 is 2.24 bits per heavy atom. The van der Waals surface area contributed by atoms with E-state index in [2.05, 4.69) is 27.7 Å². The van der Waals surface area contributed by atoms with Crippen molar-refractivity contribution in [3.05, 3.63) is 17.5 Å². The monoisotopic (exact) mass is 339 g/mol. The smallest absolute Gasteiger partial charge is 0.313 e. The molecule has 0 spiro atoms. The Morgan fingerprint density at radius 1 is 1.43 bits per heavy atom. The fraction of sp³-hybridized carbons (Fsp3) is 0.308. The van der Waals surface area contributed by atoms with Crippen molar-refractivity contribution < 1.29 is 9.90 Å². The van der Waals surface area contributed by atoms with E-state index in [-0.39, 0.29) is 11.8 Å². The van der Waals surface area contributed by atoms with Crippen molar-refractivity contribution in [1.29, 1.82) is 0 Å². The predicted molar refractivity (Wildman–Crippen MR) is 87.5 cm³/mol. The van der Waals surface area contributed by atoms with E-state index in [0.717, 1.165) is 10.7 Å². The van der Waals surface area contributed by atoms with Crippen LogP contribution in [0.15, 0.2) is 22.7 Å². The normalized spacial score (nSPS) is 11.6. The number of nitrogens with zero attached hydrogens (tertiary/aromatic N) is 3. The van der Waals surface area contributed by atoms with E-state index in [0.29, 0.717) is 5.16 Å². The minimum absolute atomic E-state index is 0.00954. The standard InChI is InChI=1S/C13H13N3O2S3/c1-7(2)16-12(14-15-13(16)20-6-11(17)18)10-5-9-8(21-10)3-4-19-9/h3-5,7H,6H2,1-2H3,(H,17,18). The third-order valence-corrected chi connectivity index (χ3v) is 5.88. The number of carboxylic acid groups (broad SMARTS) is 1. The molecule has 3 aromatic heterocycles. The molecular formula is C13H13N3O2S3. The summed E-state index contributed by atoms with van der Waals surface area (Å²) in [6.07, 6.45) is 0. The van der Waals surface area contributed by atoms with Gasteiger partial charge in [-0.3, -0.25) is 9.36 Å². The van der Waals surface area contributed by atoms with Crippen molar-refractivity contribution in [2.45, 2.75) is 25.0 Å². The summed E-state index contributed by atoms with van der Waals surface area (Å²) >= 11 is 4.60. The first-order chi connectivity index (χ1) is 10.1. The molecule has 3 aromatic rings. The number of hydrogen-bond donors (Lipinski definition) is 1. The summed E-state index contributed by atoms with van der Waals surface area (Å²) < 4.78 is 4.49. The van der Waals surface area contributed by atoms with Gasteiger partial charge < -0.3 is 5.11 Å². The van der Waals surface area contributed by atoms with E-state index in [4.69, 9.17) is 5.11 Å². The highest BCUT2D eigenvalue weighted by Crippen LogP contribution is 2.37. The molecular weight excluding hydrogens is 326 g/mol. The molecule has 0 atom stereocenters. The summed E-state index contributed by atoms with van der Waals surface area (Å²) in [5.74, 6) is -0.0486. The number of thioether (sulfide) groups is 1. The number of thiophene rings is 2. The van der Waals surface area contributed by atoms with Crippen LogP contribution in [0.5, 0.6) is 0 Å². The molecule has 21 heavy (non-hydrogen) atoms. The molecule has 0 unspecified atom stereocenters. The molecule has 0 saturated carbocycles. The van der Waals surface area contributed by atoms with Crippen LogP contribution in [0.4, 0.5) is 0 Å². The third kappa shape index (κ3) is 2.83. The molecule has 0 radical (unpaired) electrons. The fourth-order valence-electron chi connectivity index (χ4n) is 2.01. The molecule has 0 bridgehead atoms. The molecule has 0 saturated heterocycles. The van der Waals surface area contributed by atoms with Crippen molar-refractivity contribution in [3.63, 3.8) is 0 Å². The van der Waals surface area contributed by atoms with Gasteiger partial charge in [-0.15, -0.1) is 32.9 Å². The van der Waals surface area contributed by atoms with Crippen molar-refractivity contribution in [2.24, 2.45) is 0 Å². The lowest BCUT2D eigenvalue weighted by Gasteiger charge is -2.12. The Hall–Kier alpha value is -1.38. The average Bonchev–Trinajstić information content (AvgIpc) is 3.08. The molecule has 0 aromatic carbocycles. The second kappa shape index (κ2) is 5.78. The maximum Gasteiger partial charge on any atom is 0.313 e. The Labute approximate surface area is 133 Å². The molecule has 8 heteroatoms. The van der Waals surface area contributed by atoms with E-state index >= 15 is 0 Å². The van der Waals surface area contributed by atoms with Crippen LogP contribution in [-0.4, -0.2) is 31.6 Å². The highest BCUT2D eigenvalue weighted by molar-refractivity contribution is 7.99. The molecule has 3 heterocycles. The van der Waals surface area contributed by atoms with Gasteiger partial charge in [0.2, 0.25) is 0 Å². The Morgan fingerprint density at radius 3 is 2.90 bits per heavy atom. The summed E-state index contributed by atoms with van der Waals surface area (Å²) in [6.45, 7) is 4.10. The molecule has 0 fully saturated rings. The predicted octanol–water partition coefficient (Wildman–Crippen LogP) is 3.98. The van der Waals surface area contributed by atoms with Crippen molar-refractivity contribution in [2.75, 3.05) is 5.75 Å². The van der Waals surface area contributed by atoms with E-state index in [1.54, 1.807) is 22.7 Å². The second-order valence-corrected chi connectivity index (χ2v) is 7.69. The van der Waals surface area contributed by atoms with Crippen molar-refractivity contribution >= 4 is 49.8 Å². The first-order valence-corrected chi connectivity index (χ1v) is 9.01. The highest BCUT2D eigenvalue weighted by Gasteiger charge is 2.19. The number of rotatable bonds is 5. The Bertz CT molecular complexity index is 759. The maximum absolute atomic E-state index is 10.7. The Kier molecular flexibility index (Phi) is 4.01. The van der Waals surface area contributed by atoms with Gasteiger partial charge in [0.1, 0.15) is 0 Å². The van der Waals surface area contributed by atoms with E-state index < -0.39 is 5.97 Å².